The molecule has 0 saturated heterocycles. The van der Waals surface area contributed by atoms with Crippen molar-refractivity contribution in [3.05, 3.63) is 70.5 Å². The van der Waals surface area contributed by atoms with Crippen molar-refractivity contribution in [3.8, 4) is 0 Å². The maximum absolute atomic E-state index is 14.5. The lowest BCUT2D eigenvalue weighted by Gasteiger charge is -2.35. The van der Waals surface area contributed by atoms with Gasteiger partial charge in [0, 0.05) is 18.2 Å². The molecule has 0 bridgehead atoms. The molecule has 0 aliphatic carbocycles. The highest BCUT2D eigenvalue weighted by atomic mass is 19.1. The van der Waals surface area contributed by atoms with Crippen molar-refractivity contribution >= 4 is 5.82 Å². The average Bonchev–Trinajstić information content (AvgIpc) is 3.14. The van der Waals surface area contributed by atoms with Gasteiger partial charge in [-0.05, 0) is 13.0 Å². The molecule has 0 saturated carbocycles. The molecule has 8 nitrogen and oxygen atoms in total. The molecule has 0 fully saturated rings. The molecule has 28 heavy (non-hydrogen) atoms. The van der Waals surface area contributed by atoms with Crippen molar-refractivity contribution in [2.45, 2.75) is 19.1 Å². The summed E-state index contributed by atoms with van der Waals surface area (Å²) in [6.07, 6.45) is 3.31. The van der Waals surface area contributed by atoms with E-state index in [2.05, 4.69) is 20.1 Å². The van der Waals surface area contributed by atoms with Crippen LogP contribution in [0, 0.1) is 17.5 Å². The molecule has 1 unspecified atom stereocenters. The minimum absolute atomic E-state index is 0.166. The molecular weight excluding hydrogens is 377 g/mol. The number of H-pyrrole nitrogens is 1. The van der Waals surface area contributed by atoms with Gasteiger partial charge in [0.25, 0.3) is 0 Å². The Labute approximate surface area is 157 Å². The van der Waals surface area contributed by atoms with Gasteiger partial charge in [-0.3, -0.25) is 4.98 Å². The van der Waals surface area contributed by atoms with Crippen LogP contribution in [0.5, 0.6) is 0 Å². The lowest BCUT2D eigenvalue weighted by Crippen LogP contribution is -2.45. The first-order chi connectivity index (χ1) is 13.3. The molecule has 0 aliphatic heterocycles. The first-order valence-corrected chi connectivity index (χ1v) is 8.32. The van der Waals surface area contributed by atoms with Gasteiger partial charge in [-0.2, -0.15) is 10.1 Å². The smallest absolute Gasteiger partial charge is 0.346 e. The third-order valence-electron chi connectivity index (χ3n) is 4.22. The van der Waals surface area contributed by atoms with Crippen LogP contribution < -0.4 is 10.6 Å². The van der Waals surface area contributed by atoms with Crippen LogP contribution in [0.15, 0.2) is 41.8 Å². The summed E-state index contributed by atoms with van der Waals surface area (Å²) in [5, 5.41) is 15.2. The van der Waals surface area contributed by atoms with E-state index in [1.54, 1.807) is 6.92 Å². The number of anilines is 1. The zero-order chi connectivity index (χ0) is 20.3. The van der Waals surface area contributed by atoms with Crippen molar-refractivity contribution in [1.29, 1.82) is 0 Å². The third kappa shape index (κ3) is 4.03. The number of nitrogens with one attached hydrogen (secondary N) is 1. The van der Waals surface area contributed by atoms with Crippen molar-refractivity contribution in [2.75, 3.05) is 18.0 Å². The van der Waals surface area contributed by atoms with Crippen LogP contribution in [0.3, 0.4) is 0 Å². The standard InChI is InChI=1S/C17H17F3N6O2/c1-2-25(15-14(20)6-22-16(27)24-15)7-17(28,8-26-10-21-9-23-26)12-4-3-11(18)5-13(12)19/h3-6,9-10,28H,2,7-8H2,1H3,(H,22,24,27). The minimum Gasteiger partial charge on any atom is -0.381 e. The van der Waals surface area contributed by atoms with Gasteiger partial charge in [0.1, 0.15) is 35.7 Å². The molecular formula is C17H17F3N6O2. The summed E-state index contributed by atoms with van der Waals surface area (Å²) >= 11 is 0. The SMILES string of the molecule is CCN(CC(O)(Cn1cncn1)c1ccc(F)cc1F)c1[nH]c(=O)ncc1F. The van der Waals surface area contributed by atoms with Gasteiger partial charge in [0.2, 0.25) is 0 Å². The highest BCUT2D eigenvalue weighted by molar-refractivity contribution is 5.40. The van der Waals surface area contributed by atoms with Crippen LogP contribution in [0.4, 0.5) is 19.0 Å². The molecule has 11 heteroatoms. The predicted molar refractivity (Wildman–Crippen MR) is 93.0 cm³/mol. The highest BCUT2D eigenvalue weighted by Crippen LogP contribution is 2.29. The minimum atomic E-state index is -1.95. The number of nitrogens with zero attached hydrogens (tertiary/aromatic N) is 5. The number of hydrogen-bond acceptors (Lipinski definition) is 6. The van der Waals surface area contributed by atoms with Gasteiger partial charge >= 0.3 is 5.69 Å². The van der Waals surface area contributed by atoms with E-state index in [9.17, 15) is 23.1 Å². The maximum Gasteiger partial charge on any atom is 0.346 e. The fraction of sp³-hybridized carbons (Fsp3) is 0.294. The van der Waals surface area contributed by atoms with Gasteiger partial charge in [-0.25, -0.2) is 27.6 Å². The summed E-state index contributed by atoms with van der Waals surface area (Å²) in [6, 6.07) is 2.77. The van der Waals surface area contributed by atoms with Crippen molar-refractivity contribution in [3.63, 3.8) is 0 Å². The predicted octanol–water partition coefficient (Wildman–Crippen LogP) is 1.19. The first-order valence-electron chi connectivity index (χ1n) is 8.32. The molecule has 1 atom stereocenters. The number of halogens is 3. The van der Waals surface area contributed by atoms with Gasteiger partial charge in [-0.1, -0.05) is 6.07 Å². The molecule has 2 N–H and O–H groups in total. The second kappa shape index (κ2) is 7.80. The summed E-state index contributed by atoms with van der Waals surface area (Å²) < 4.78 is 43.3. The number of hydrogen-bond donors (Lipinski definition) is 2. The monoisotopic (exact) mass is 394 g/mol. The second-order valence-corrected chi connectivity index (χ2v) is 6.15. The fourth-order valence-corrected chi connectivity index (χ4v) is 2.93. The Bertz CT molecular complexity index is 1010. The maximum atomic E-state index is 14.5. The molecule has 0 aliphatic rings. The van der Waals surface area contributed by atoms with E-state index in [0.29, 0.717) is 6.07 Å². The largest absolute Gasteiger partial charge is 0.381 e. The zero-order valence-corrected chi connectivity index (χ0v) is 14.8. The Balaban J connectivity index is 2.05. The van der Waals surface area contributed by atoms with Gasteiger partial charge < -0.3 is 10.0 Å². The summed E-state index contributed by atoms with van der Waals surface area (Å²) in [7, 11) is 0. The fourth-order valence-electron chi connectivity index (χ4n) is 2.93. The molecule has 1 aromatic carbocycles. The number of aliphatic hydroxyl groups is 1. The number of aromatic amines is 1. The number of benzene rings is 1. The summed E-state index contributed by atoms with van der Waals surface area (Å²) in [5.41, 5.74) is -2.93. The Hall–Kier alpha value is -3.21. The molecule has 0 amide bonds. The topological polar surface area (TPSA) is 99.9 Å². The quantitative estimate of drug-likeness (QED) is 0.625. The van der Waals surface area contributed by atoms with Crippen LogP contribution >= 0.6 is 0 Å². The average molecular weight is 394 g/mol. The molecule has 2 heterocycles. The van der Waals surface area contributed by atoms with Crippen molar-refractivity contribution in [1.82, 2.24) is 24.7 Å². The van der Waals surface area contributed by atoms with Crippen LogP contribution in [-0.2, 0) is 12.1 Å². The first kappa shape index (κ1) is 19.5. The number of rotatable bonds is 7. The third-order valence-corrected chi connectivity index (χ3v) is 4.22. The van der Waals surface area contributed by atoms with Gasteiger partial charge in [0.05, 0.1) is 19.3 Å². The van der Waals surface area contributed by atoms with Crippen molar-refractivity contribution in [2.24, 2.45) is 0 Å². The Morgan fingerprint density at radius 1 is 1.29 bits per heavy atom. The van der Waals surface area contributed by atoms with E-state index in [-0.39, 0.29) is 31.0 Å². The summed E-state index contributed by atoms with van der Waals surface area (Å²) in [6.45, 7) is 1.25. The van der Waals surface area contributed by atoms with Crippen LogP contribution in [0.25, 0.3) is 0 Å². The molecule has 3 rings (SSSR count). The Morgan fingerprint density at radius 2 is 2.07 bits per heavy atom. The summed E-state index contributed by atoms with van der Waals surface area (Å²) in [4.78, 5) is 22.2. The highest BCUT2D eigenvalue weighted by Gasteiger charge is 2.36. The normalized spacial score (nSPS) is 13.3. The van der Waals surface area contributed by atoms with E-state index < -0.39 is 28.7 Å². The van der Waals surface area contributed by atoms with E-state index in [1.807, 2.05) is 0 Å². The molecule has 0 radical (unpaired) electrons. The van der Waals surface area contributed by atoms with E-state index in [4.69, 9.17) is 0 Å². The second-order valence-electron chi connectivity index (χ2n) is 6.15. The van der Waals surface area contributed by atoms with Crippen molar-refractivity contribution < 1.29 is 18.3 Å². The van der Waals surface area contributed by atoms with E-state index in [0.717, 1.165) is 18.3 Å². The van der Waals surface area contributed by atoms with Crippen LogP contribution in [0.1, 0.15) is 12.5 Å². The van der Waals surface area contributed by atoms with Gasteiger partial charge in [-0.15, -0.1) is 0 Å². The lowest BCUT2D eigenvalue weighted by atomic mass is 9.92. The van der Waals surface area contributed by atoms with Gasteiger partial charge in [0.15, 0.2) is 5.82 Å². The van der Waals surface area contributed by atoms with E-state index in [1.165, 1.54) is 22.2 Å². The number of aromatic nitrogens is 5. The molecule has 148 valence electrons. The lowest BCUT2D eigenvalue weighted by molar-refractivity contribution is 0.0184. The Morgan fingerprint density at radius 3 is 2.71 bits per heavy atom. The van der Waals surface area contributed by atoms with Crippen LogP contribution in [0.2, 0.25) is 0 Å². The van der Waals surface area contributed by atoms with E-state index >= 15 is 0 Å². The number of likely N-dealkylation sites (N-methyl/N-ethyl adjacent to an activating group) is 1. The Kier molecular flexibility index (Phi) is 5.45. The summed E-state index contributed by atoms with van der Waals surface area (Å²) in [5.74, 6) is -2.80. The molecule has 3 aromatic rings. The zero-order valence-electron chi connectivity index (χ0n) is 14.8. The molecule has 0 spiro atoms. The van der Waals surface area contributed by atoms with Crippen LogP contribution in [-0.4, -0.2) is 42.9 Å². The molecule has 2 aromatic heterocycles.